The summed E-state index contributed by atoms with van der Waals surface area (Å²) in [5.41, 5.74) is 0. The molecular formula is C13H10ClIO2. The second-order valence-electron chi connectivity index (χ2n) is 3.35. The van der Waals surface area contributed by atoms with Crippen LogP contribution in [0.3, 0.4) is 0 Å². The molecule has 0 radical (unpaired) electrons. The molecule has 0 aliphatic heterocycles. The Kier molecular flexibility index (Phi) is 4.12. The van der Waals surface area contributed by atoms with E-state index in [1.54, 1.807) is 13.2 Å². The predicted octanol–water partition coefficient (Wildman–Crippen LogP) is 4.75. The first kappa shape index (κ1) is 12.5. The van der Waals surface area contributed by atoms with E-state index in [0.717, 1.165) is 20.8 Å². The molecule has 88 valence electrons. The van der Waals surface area contributed by atoms with E-state index < -0.39 is 0 Å². The first-order valence-electron chi connectivity index (χ1n) is 4.96. The summed E-state index contributed by atoms with van der Waals surface area (Å²) in [5.74, 6) is 2.31. The van der Waals surface area contributed by atoms with Crippen molar-refractivity contribution in [3.8, 4) is 17.2 Å². The molecule has 0 amide bonds. The molecule has 0 aromatic heterocycles. The summed E-state index contributed by atoms with van der Waals surface area (Å²) in [7, 11) is 1.63. The fraction of sp³-hybridized carbons (Fsp3) is 0.0769. The lowest BCUT2D eigenvalue weighted by Gasteiger charge is -2.08. The molecule has 2 aromatic rings. The highest BCUT2D eigenvalue weighted by Gasteiger charge is 2.03. The van der Waals surface area contributed by atoms with Gasteiger partial charge in [-0.2, -0.15) is 0 Å². The van der Waals surface area contributed by atoms with Crippen molar-refractivity contribution in [2.45, 2.75) is 0 Å². The largest absolute Gasteiger partial charge is 0.497 e. The molecule has 0 fully saturated rings. The molecule has 4 heteroatoms. The predicted molar refractivity (Wildman–Crippen MR) is 77.2 cm³/mol. The Labute approximate surface area is 119 Å². The Morgan fingerprint density at radius 3 is 2.29 bits per heavy atom. The molecule has 0 bridgehead atoms. The maximum absolute atomic E-state index is 5.93. The van der Waals surface area contributed by atoms with Crippen LogP contribution in [0.15, 0.2) is 42.5 Å². The molecule has 0 unspecified atom stereocenters. The van der Waals surface area contributed by atoms with Crippen molar-refractivity contribution in [3.05, 3.63) is 51.1 Å². The summed E-state index contributed by atoms with van der Waals surface area (Å²) in [5, 5.41) is 0.661. The van der Waals surface area contributed by atoms with Crippen molar-refractivity contribution in [2.75, 3.05) is 7.11 Å². The zero-order valence-electron chi connectivity index (χ0n) is 9.11. The number of halogens is 2. The van der Waals surface area contributed by atoms with Crippen LogP contribution in [-0.2, 0) is 0 Å². The minimum atomic E-state index is 0.661. The maximum atomic E-state index is 5.93. The van der Waals surface area contributed by atoms with Crippen LogP contribution in [0.4, 0.5) is 0 Å². The molecule has 17 heavy (non-hydrogen) atoms. The molecule has 2 nitrogen and oxygen atoms in total. The lowest BCUT2D eigenvalue weighted by Crippen LogP contribution is -1.88. The lowest BCUT2D eigenvalue weighted by atomic mass is 10.3. The number of hydrogen-bond donors (Lipinski definition) is 0. The molecule has 0 aliphatic carbocycles. The van der Waals surface area contributed by atoms with Crippen LogP contribution in [0.1, 0.15) is 0 Å². The molecule has 0 N–H and O–H groups in total. The van der Waals surface area contributed by atoms with E-state index in [0.29, 0.717) is 5.02 Å². The van der Waals surface area contributed by atoms with E-state index in [9.17, 15) is 0 Å². The topological polar surface area (TPSA) is 18.5 Å². The fourth-order valence-electron chi connectivity index (χ4n) is 1.33. The molecule has 2 aromatic carbocycles. The van der Waals surface area contributed by atoms with Crippen LogP contribution in [0.25, 0.3) is 0 Å². The van der Waals surface area contributed by atoms with Crippen LogP contribution >= 0.6 is 34.2 Å². The van der Waals surface area contributed by atoms with Gasteiger partial charge in [0, 0.05) is 11.1 Å². The number of ether oxygens (including phenoxy) is 2. The van der Waals surface area contributed by atoms with E-state index >= 15 is 0 Å². The maximum Gasteiger partial charge on any atom is 0.142 e. The average molecular weight is 361 g/mol. The van der Waals surface area contributed by atoms with Crippen LogP contribution in [0.5, 0.6) is 17.2 Å². The van der Waals surface area contributed by atoms with Crippen molar-refractivity contribution < 1.29 is 9.47 Å². The highest BCUT2D eigenvalue weighted by molar-refractivity contribution is 14.1. The monoisotopic (exact) mass is 360 g/mol. The van der Waals surface area contributed by atoms with Gasteiger partial charge < -0.3 is 9.47 Å². The van der Waals surface area contributed by atoms with Crippen molar-refractivity contribution in [2.24, 2.45) is 0 Å². The zero-order valence-corrected chi connectivity index (χ0v) is 12.0. The fourth-order valence-corrected chi connectivity index (χ4v) is 1.93. The Balaban J connectivity index is 2.22. The first-order valence-corrected chi connectivity index (χ1v) is 6.41. The SMILES string of the molecule is COc1ccc(Oc2cc(Cl)ccc2I)cc1. The van der Waals surface area contributed by atoms with Crippen molar-refractivity contribution in [1.29, 1.82) is 0 Å². The van der Waals surface area contributed by atoms with E-state index in [2.05, 4.69) is 22.6 Å². The van der Waals surface area contributed by atoms with Gasteiger partial charge in [0.05, 0.1) is 10.7 Å². The van der Waals surface area contributed by atoms with Gasteiger partial charge in [0.25, 0.3) is 0 Å². The molecular weight excluding hydrogens is 350 g/mol. The van der Waals surface area contributed by atoms with Gasteiger partial charge in [-0.3, -0.25) is 0 Å². The number of hydrogen-bond acceptors (Lipinski definition) is 2. The summed E-state index contributed by atoms with van der Waals surface area (Å²) in [6.07, 6.45) is 0. The van der Waals surface area contributed by atoms with Gasteiger partial charge in [0.15, 0.2) is 0 Å². The van der Waals surface area contributed by atoms with Gasteiger partial charge in [0.2, 0.25) is 0 Å². The number of rotatable bonds is 3. The van der Waals surface area contributed by atoms with Gasteiger partial charge in [-0.15, -0.1) is 0 Å². The third-order valence-corrected chi connectivity index (χ3v) is 3.31. The highest BCUT2D eigenvalue weighted by Crippen LogP contribution is 2.30. The molecule has 2 rings (SSSR count). The molecule has 0 atom stereocenters. The highest BCUT2D eigenvalue weighted by atomic mass is 127. The van der Waals surface area contributed by atoms with E-state index in [-0.39, 0.29) is 0 Å². The lowest BCUT2D eigenvalue weighted by molar-refractivity contribution is 0.412. The summed E-state index contributed by atoms with van der Waals surface area (Å²) in [4.78, 5) is 0. The molecule has 0 spiro atoms. The van der Waals surface area contributed by atoms with E-state index in [1.165, 1.54) is 0 Å². The number of methoxy groups -OCH3 is 1. The van der Waals surface area contributed by atoms with Gasteiger partial charge >= 0.3 is 0 Å². The van der Waals surface area contributed by atoms with Crippen LogP contribution in [0.2, 0.25) is 5.02 Å². The van der Waals surface area contributed by atoms with Gasteiger partial charge in [0.1, 0.15) is 17.2 Å². The zero-order chi connectivity index (χ0) is 12.3. The molecule has 0 saturated heterocycles. The van der Waals surface area contributed by atoms with E-state index in [1.807, 2.05) is 36.4 Å². The standard InChI is InChI=1S/C13H10ClIO2/c1-16-10-3-5-11(6-4-10)17-13-8-9(14)2-7-12(13)15/h2-8H,1H3. The Morgan fingerprint density at radius 1 is 1.00 bits per heavy atom. The summed E-state index contributed by atoms with van der Waals surface area (Å²) in [6.45, 7) is 0. The van der Waals surface area contributed by atoms with Gasteiger partial charge in [-0.05, 0) is 59.0 Å². The van der Waals surface area contributed by atoms with Crippen molar-refractivity contribution in [3.63, 3.8) is 0 Å². The molecule has 0 aliphatic rings. The summed E-state index contributed by atoms with van der Waals surface area (Å²) in [6, 6.07) is 13.0. The van der Waals surface area contributed by atoms with Crippen molar-refractivity contribution in [1.82, 2.24) is 0 Å². The van der Waals surface area contributed by atoms with Crippen LogP contribution < -0.4 is 9.47 Å². The van der Waals surface area contributed by atoms with Crippen LogP contribution in [-0.4, -0.2) is 7.11 Å². The summed E-state index contributed by atoms with van der Waals surface area (Å²) < 4.78 is 11.8. The Hall–Kier alpha value is -0.940. The minimum Gasteiger partial charge on any atom is -0.497 e. The minimum absolute atomic E-state index is 0.661. The third kappa shape index (κ3) is 3.26. The number of benzene rings is 2. The summed E-state index contributed by atoms with van der Waals surface area (Å²) >= 11 is 8.14. The average Bonchev–Trinajstić information content (AvgIpc) is 2.35. The smallest absolute Gasteiger partial charge is 0.142 e. The second-order valence-corrected chi connectivity index (χ2v) is 4.95. The Bertz CT molecular complexity index is 511. The van der Waals surface area contributed by atoms with E-state index in [4.69, 9.17) is 21.1 Å². The van der Waals surface area contributed by atoms with Gasteiger partial charge in [-0.25, -0.2) is 0 Å². The van der Waals surface area contributed by atoms with Gasteiger partial charge in [-0.1, -0.05) is 11.6 Å². The Morgan fingerprint density at radius 2 is 1.65 bits per heavy atom. The normalized spacial score (nSPS) is 10.1. The van der Waals surface area contributed by atoms with Crippen LogP contribution in [0, 0.1) is 3.57 Å². The quantitative estimate of drug-likeness (QED) is 0.736. The third-order valence-electron chi connectivity index (χ3n) is 2.18. The molecule has 0 heterocycles. The second kappa shape index (κ2) is 5.60. The first-order chi connectivity index (χ1) is 8.19. The van der Waals surface area contributed by atoms with Crippen molar-refractivity contribution >= 4 is 34.2 Å². The molecule has 0 saturated carbocycles.